The standard InChI is InChI=1S/C20H26FN5O2/c21-18-6-2-1-5-17(18)12-23-19(27)8-7-16-4-3-10-25(13-16)20(28)9-11-26-15-22-14-24-26/h1-2,5-6,14-16H,3-4,7-13H2,(H,23,27)/t16-/m0/s1. The quantitative estimate of drug-likeness (QED) is 0.753. The van der Waals surface area contributed by atoms with Crippen molar-refractivity contribution in [1.82, 2.24) is 25.0 Å². The van der Waals surface area contributed by atoms with E-state index >= 15 is 0 Å². The van der Waals surface area contributed by atoms with Gasteiger partial charge in [0.1, 0.15) is 18.5 Å². The van der Waals surface area contributed by atoms with Crippen LogP contribution >= 0.6 is 0 Å². The molecule has 1 aliphatic heterocycles. The predicted octanol–water partition coefficient (Wildman–Crippen LogP) is 2.14. The van der Waals surface area contributed by atoms with E-state index < -0.39 is 0 Å². The maximum Gasteiger partial charge on any atom is 0.224 e. The summed E-state index contributed by atoms with van der Waals surface area (Å²) >= 11 is 0. The molecular formula is C20H26FN5O2. The lowest BCUT2D eigenvalue weighted by atomic mass is 9.93. The number of nitrogens with zero attached hydrogens (tertiary/aromatic N) is 4. The number of halogens is 1. The highest BCUT2D eigenvalue weighted by molar-refractivity contribution is 5.76. The minimum atomic E-state index is -0.310. The van der Waals surface area contributed by atoms with Gasteiger partial charge in [-0.05, 0) is 31.2 Å². The van der Waals surface area contributed by atoms with E-state index in [0.29, 0.717) is 37.4 Å². The molecule has 1 saturated heterocycles. The van der Waals surface area contributed by atoms with Crippen LogP contribution in [-0.4, -0.2) is 44.6 Å². The number of nitrogens with one attached hydrogen (secondary N) is 1. The summed E-state index contributed by atoms with van der Waals surface area (Å²) < 4.78 is 15.2. The van der Waals surface area contributed by atoms with Crippen molar-refractivity contribution in [2.24, 2.45) is 5.92 Å². The van der Waals surface area contributed by atoms with Crippen LogP contribution in [0.15, 0.2) is 36.9 Å². The molecule has 2 amide bonds. The molecular weight excluding hydrogens is 361 g/mol. The molecule has 0 unspecified atom stereocenters. The van der Waals surface area contributed by atoms with E-state index in [4.69, 9.17) is 0 Å². The molecule has 7 nitrogen and oxygen atoms in total. The van der Waals surface area contributed by atoms with Gasteiger partial charge in [-0.25, -0.2) is 9.37 Å². The maximum absolute atomic E-state index is 13.6. The Labute approximate surface area is 163 Å². The summed E-state index contributed by atoms with van der Waals surface area (Å²) in [5.41, 5.74) is 0.484. The molecule has 8 heteroatoms. The number of amides is 2. The zero-order valence-electron chi connectivity index (χ0n) is 15.9. The lowest BCUT2D eigenvalue weighted by Crippen LogP contribution is -2.40. The van der Waals surface area contributed by atoms with Crippen molar-refractivity contribution in [2.45, 2.75) is 45.2 Å². The van der Waals surface area contributed by atoms with Gasteiger partial charge in [-0.15, -0.1) is 0 Å². The van der Waals surface area contributed by atoms with Crippen LogP contribution in [0.25, 0.3) is 0 Å². The van der Waals surface area contributed by atoms with Crippen LogP contribution in [0, 0.1) is 11.7 Å². The highest BCUT2D eigenvalue weighted by atomic mass is 19.1. The summed E-state index contributed by atoms with van der Waals surface area (Å²) in [6.07, 6.45) is 6.56. The van der Waals surface area contributed by atoms with Gasteiger partial charge in [-0.1, -0.05) is 18.2 Å². The lowest BCUT2D eigenvalue weighted by molar-refractivity contribution is -0.133. The zero-order valence-corrected chi connectivity index (χ0v) is 15.9. The fourth-order valence-corrected chi connectivity index (χ4v) is 3.50. The monoisotopic (exact) mass is 387 g/mol. The number of hydrogen-bond acceptors (Lipinski definition) is 4. The molecule has 28 heavy (non-hydrogen) atoms. The van der Waals surface area contributed by atoms with Gasteiger partial charge in [0.05, 0.1) is 6.54 Å². The molecule has 3 rings (SSSR count). The Morgan fingerprint density at radius 2 is 2.11 bits per heavy atom. The molecule has 2 heterocycles. The summed E-state index contributed by atoms with van der Waals surface area (Å²) in [5.74, 6) is 0.0421. The summed E-state index contributed by atoms with van der Waals surface area (Å²) in [6.45, 7) is 2.18. The summed E-state index contributed by atoms with van der Waals surface area (Å²) in [5, 5.41) is 6.78. The third-order valence-electron chi connectivity index (χ3n) is 5.11. The van der Waals surface area contributed by atoms with Gasteiger partial charge in [0.2, 0.25) is 11.8 Å². The van der Waals surface area contributed by atoms with Crippen LogP contribution in [0.2, 0.25) is 0 Å². The van der Waals surface area contributed by atoms with Gasteiger partial charge >= 0.3 is 0 Å². The van der Waals surface area contributed by atoms with Crippen LogP contribution in [0.4, 0.5) is 4.39 Å². The Kier molecular flexibility index (Phi) is 7.11. The Balaban J connectivity index is 1.37. The average molecular weight is 387 g/mol. The lowest BCUT2D eigenvalue weighted by Gasteiger charge is -2.33. The van der Waals surface area contributed by atoms with Crippen molar-refractivity contribution in [3.05, 3.63) is 48.3 Å². The molecule has 0 aliphatic carbocycles. The van der Waals surface area contributed by atoms with Crippen molar-refractivity contribution in [3.8, 4) is 0 Å². The second kappa shape index (κ2) is 9.96. The number of likely N-dealkylation sites (tertiary alicyclic amines) is 1. The van der Waals surface area contributed by atoms with Crippen molar-refractivity contribution < 1.29 is 14.0 Å². The van der Waals surface area contributed by atoms with Crippen LogP contribution < -0.4 is 5.32 Å². The molecule has 1 aliphatic rings. The summed E-state index contributed by atoms with van der Waals surface area (Å²) in [6, 6.07) is 6.43. The van der Waals surface area contributed by atoms with Gasteiger partial charge in [0, 0.05) is 38.0 Å². The first-order valence-corrected chi connectivity index (χ1v) is 9.72. The largest absolute Gasteiger partial charge is 0.352 e. The fraction of sp³-hybridized carbons (Fsp3) is 0.500. The van der Waals surface area contributed by atoms with Gasteiger partial charge in [0.15, 0.2) is 0 Å². The zero-order chi connectivity index (χ0) is 19.8. The highest BCUT2D eigenvalue weighted by Gasteiger charge is 2.24. The smallest absolute Gasteiger partial charge is 0.224 e. The molecule has 1 aromatic heterocycles. The van der Waals surface area contributed by atoms with Crippen molar-refractivity contribution in [1.29, 1.82) is 0 Å². The Bertz CT molecular complexity index is 781. The number of carbonyl (C=O) groups is 2. The third kappa shape index (κ3) is 5.87. The van der Waals surface area contributed by atoms with E-state index in [9.17, 15) is 14.0 Å². The molecule has 1 aromatic carbocycles. The Morgan fingerprint density at radius 3 is 2.89 bits per heavy atom. The normalized spacial score (nSPS) is 16.8. The minimum Gasteiger partial charge on any atom is -0.352 e. The number of piperidine rings is 1. The molecule has 1 N–H and O–H groups in total. The molecule has 0 saturated carbocycles. The van der Waals surface area contributed by atoms with E-state index in [2.05, 4.69) is 15.4 Å². The number of rotatable bonds is 8. The molecule has 1 fully saturated rings. The van der Waals surface area contributed by atoms with E-state index in [-0.39, 0.29) is 24.2 Å². The average Bonchev–Trinajstić information content (AvgIpc) is 3.24. The second-order valence-electron chi connectivity index (χ2n) is 7.16. The number of benzene rings is 1. The fourth-order valence-electron chi connectivity index (χ4n) is 3.50. The number of carbonyl (C=O) groups excluding carboxylic acids is 2. The number of hydrogen-bond donors (Lipinski definition) is 1. The van der Waals surface area contributed by atoms with Gasteiger partial charge in [-0.2, -0.15) is 5.10 Å². The van der Waals surface area contributed by atoms with Crippen molar-refractivity contribution in [2.75, 3.05) is 13.1 Å². The van der Waals surface area contributed by atoms with Crippen molar-refractivity contribution in [3.63, 3.8) is 0 Å². The summed E-state index contributed by atoms with van der Waals surface area (Å²) in [7, 11) is 0. The third-order valence-corrected chi connectivity index (χ3v) is 5.11. The Morgan fingerprint density at radius 1 is 1.25 bits per heavy atom. The van der Waals surface area contributed by atoms with E-state index in [0.717, 1.165) is 25.8 Å². The Hall–Kier alpha value is -2.77. The number of aryl methyl sites for hydroxylation is 1. The minimum absolute atomic E-state index is 0.0853. The first-order chi connectivity index (χ1) is 13.6. The molecule has 0 spiro atoms. The van der Waals surface area contributed by atoms with Gasteiger partial charge < -0.3 is 10.2 Å². The molecule has 0 radical (unpaired) electrons. The van der Waals surface area contributed by atoms with Gasteiger partial charge in [0.25, 0.3) is 0 Å². The topological polar surface area (TPSA) is 80.1 Å². The first kappa shape index (κ1) is 20.0. The summed E-state index contributed by atoms with van der Waals surface area (Å²) in [4.78, 5) is 30.3. The SMILES string of the molecule is O=C(CC[C@@H]1CCCN(C(=O)CCn2cncn2)C1)NCc1ccccc1F. The predicted molar refractivity (Wildman–Crippen MR) is 101 cm³/mol. The second-order valence-corrected chi connectivity index (χ2v) is 7.16. The van der Waals surface area contributed by atoms with Crippen LogP contribution in [0.1, 0.15) is 37.7 Å². The molecule has 150 valence electrons. The van der Waals surface area contributed by atoms with Gasteiger partial charge in [-0.3, -0.25) is 14.3 Å². The van der Waals surface area contributed by atoms with Crippen LogP contribution in [0.5, 0.6) is 0 Å². The van der Waals surface area contributed by atoms with Crippen molar-refractivity contribution >= 4 is 11.8 Å². The first-order valence-electron chi connectivity index (χ1n) is 9.72. The molecule has 2 aromatic rings. The van der Waals surface area contributed by atoms with E-state index in [1.165, 1.54) is 12.4 Å². The molecule has 0 bridgehead atoms. The van der Waals surface area contributed by atoms with E-state index in [1.807, 2.05) is 4.90 Å². The maximum atomic E-state index is 13.6. The molecule has 1 atom stereocenters. The highest BCUT2D eigenvalue weighted by Crippen LogP contribution is 2.21. The number of aromatic nitrogens is 3. The van der Waals surface area contributed by atoms with Crippen LogP contribution in [-0.2, 0) is 22.7 Å². The van der Waals surface area contributed by atoms with E-state index in [1.54, 1.807) is 29.2 Å². The van der Waals surface area contributed by atoms with Crippen LogP contribution in [0.3, 0.4) is 0 Å².